The average Bonchev–Trinajstić information content (AvgIpc) is 2.83. The molecule has 1 atom stereocenters. The first-order valence-electron chi connectivity index (χ1n) is 6.54. The summed E-state index contributed by atoms with van der Waals surface area (Å²) in [6.07, 6.45) is 2.63. The van der Waals surface area contributed by atoms with Crippen molar-refractivity contribution >= 4 is 5.70 Å². The van der Waals surface area contributed by atoms with Crippen LogP contribution in [0.1, 0.15) is 18.4 Å². The molecule has 2 rings (SSSR count). The van der Waals surface area contributed by atoms with Gasteiger partial charge in [0.05, 0.1) is 18.8 Å². The molecule has 1 fully saturated rings. The lowest BCUT2D eigenvalue weighted by Gasteiger charge is -2.33. The van der Waals surface area contributed by atoms with Crippen LogP contribution in [-0.4, -0.2) is 48.8 Å². The van der Waals surface area contributed by atoms with Crippen LogP contribution in [0.5, 0.6) is 11.5 Å². The summed E-state index contributed by atoms with van der Waals surface area (Å²) >= 11 is 0. The van der Waals surface area contributed by atoms with E-state index in [0.717, 1.165) is 18.7 Å². The standard InChI is InChI=1S/C15H22N2O2/c1-11(17(3)14-9-6-10-16(14)2)15-12(18)7-5-8-13(15)19-4/h5,7-8,14,18H,1,6,9-10H2,2-4H3. The Kier molecular flexibility index (Phi) is 4.00. The monoisotopic (exact) mass is 262 g/mol. The van der Waals surface area contributed by atoms with Crippen LogP contribution in [0, 0.1) is 0 Å². The van der Waals surface area contributed by atoms with Crippen LogP contribution >= 0.6 is 0 Å². The van der Waals surface area contributed by atoms with Crippen molar-refractivity contribution in [2.75, 3.05) is 27.7 Å². The highest BCUT2D eigenvalue weighted by Crippen LogP contribution is 2.36. The van der Waals surface area contributed by atoms with E-state index in [1.54, 1.807) is 19.2 Å². The smallest absolute Gasteiger partial charge is 0.131 e. The molecule has 1 aliphatic heterocycles. The number of nitrogens with zero attached hydrogens (tertiary/aromatic N) is 2. The minimum Gasteiger partial charge on any atom is -0.507 e. The fraction of sp³-hybridized carbons (Fsp3) is 0.467. The molecule has 0 spiro atoms. The SMILES string of the molecule is C=C(c1c(O)cccc1OC)N(C)C1CCCN1C. The quantitative estimate of drug-likeness (QED) is 0.903. The van der Waals surface area contributed by atoms with Gasteiger partial charge in [0.25, 0.3) is 0 Å². The number of hydrogen-bond acceptors (Lipinski definition) is 4. The highest BCUT2D eigenvalue weighted by atomic mass is 16.5. The van der Waals surface area contributed by atoms with Crippen molar-refractivity contribution in [3.63, 3.8) is 0 Å². The Bertz CT molecular complexity index is 473. The second-order valence-corrected chi connectivity index (χ2v) is 5.02. The molecular weight excluding hydrogens is 240 g/mol. The highest BCUT2D eigenvalue weighted by Gasteiger charge is 2.27. The zero-order chi connectivity index (χ0) is 14.0. The van der Waals surface area contributed by atoms with E-state index in [1.165, 1.54) is 6.42 Å². The van der Waals surface area contributed by atoms with Crippen LogP contribution in [-0.2, 0) is 0 Å². The third kappa shape index (κ3) is 2.54. The molecule has 4 nitrogen and oxygen atoms in total. The van der Waals surface area contributed by atoms with Crippen molar-refractivity contribution in [1.29, 1.82) is 0 Å². The van der Waals surface area contributed by atoms with Crippen molar-refractivity contribution < 1.29 is 9.84 Å². The highest BCUT2D eigenvalue weighted by molar-refractivity contribution is 5.72. The van der Waals surface area contributed by atoms with E-state index in [4.69, 9.17) is 4.74 Å². The number of hydrogen-bond donors (Lipinski definition) is 1. The molecule has 1 unspecified atom stereocenters. The molecule has 0 amide bonds. The molecule has 1 saturated heterocycles. The van der Waals surface area contributed by atoms with Gasteiger partial charge in [-0.05, 0) is 38.6 Å². The van der Waals surface area contributed by atoms with Crippen LogP contribution in [0.4, 0.5) is 0 Å². The second-order valence-electron chi connectivity index (χ2n) is 5.02. The normalized spacial score (nSPS) is 19.4. The Morgan fingerprint density at radius 2 is 2.26 bits per heavy atom. The van der Waals surface area contributed by atoms with Crippen LogP contribution in [0.2, 0.25) is 0 Å². The van der Waals surface area contributed by atoms with E-state index in [2.05, 4.69) is 23.4 Å². The Labute approximate surface area is 114 Å². The van der Waals surface area contributed by atoms with Gasteiger partial charge < -0.3 is 14.7 Å². The van der Waals surface area contributed by atoms with Crippen LogP contribution < -0.4 is 4.74 Å². The molecule has 0 aromatic heterocycles. The van der Waals surface area contributed by atoms with Gasteiger partial charge >= 0.3 is 0 Å². The third-order valence-corrected chi connectivity index (χ3v) is 3.87. The maximum atomic E-state index is 10.1. The minimum absolute atomic E-state index is 0.205. The van der Waals surface area contributed by atoms with Gasteiger partial charge in [-0.2, -0.15) is 0 Å². The number of likely N-dealkylation sites (tertiary alicyclic amines) is 1. The van der Waals surface area contributed by atoms with Gasteiger partial charge in [-0.25, -0.2) is 0 Å². The van der Waals surface area contributed by atoms with Gasteiger partial charge in [0.15, 0.2) is 0 Å². The van der Waals surface area contributed by atoms with Gasteiger partial charge in [-0.15, -0.1) is 0 Å². The molecule has 1 N–H and O–H groups in total. The summed E-state index contributed by atoms with van der Waals surface area (Å²) in [5.74, 6) is 0.856. The molecule has 1 heterocycles. The van der Waals surface area contributed by atoms with Crippen molar-refractivity contribution in [2.45, 2.75) is 19.0 Å². The summed E-state index contributed by atoms with van der Waals surface area (Å²) in [7, 11) is 5.73. The number of phenols is 1. The number of ether oxygens (including phenoxy) is 1. The molecular formula is C15H22N2O2. The lowest BCUT2D eigenvalue weighted by atomic mass is 10.1. The Balaban J connectivity index is 2.29. The molecule has 19 heavy (non-hydrogen) atoms. The van der Waals surface area contributed by atoms with Crippen LogP contribution in [0.25, 0.3) is 5.70 Å². The summed E-state index contributed by atoms with van der Waals surface area (Å²) in [6.45, 7) is 5.23. The average molecular weight is 262 g/mol. The number of aromatic hydroxyl groups is 1. The molecule has 1 aromatic rings. The molecule has 0 saturated carbocycles. The zero-order valence-corrected chi connectivity index (χ0v) is 11.9. The summed E-state index contributed by atoms with van der Waals surface area (Å²) in [5, 5.41) is 10.1. The van der Waals surface area contributed by atoms with E-state index in [9.17, 15) is 5.11 Å². The Morgan fingerprint density at radius 1 is 1.53 bits per heavy atom. The lowest BCUT2D eigenvalue weighted by molar-refractivity contribution is 0.176. The largest absolute Gasteiger partial charge is 0.507 e. The van der Waals surface area contributed by atoms with Crippen molar-refractivity contribution in [1.82, 2.24) is 9.80 Å². The second kappa shape index (κ2) is 5.53. The van der Waals surface area contributed by atoms with E-state index >= 15 is 0 Å². The first kappa shape index (κ1) is 13.7. The predicted molar refractivity (Wildman–Crippen MR) is 77.1 cm³/mol. The van der Waals surface area contributed by atoms with E-state index in [-0.39, 0.29) is 5.75 Å². The van der Waals surface area contributed by atoms with E-state index in [0.29, 0.717) is 17.5 Å². The third-order valence-electron chi connectivity index (χ3n) is 3.87. The van der Waals surface area contributed by atoms with Crippen molar-refractivity contribution in [2.24, 2.45) is 0 Å². The summed E-state index contributed by atoms with van der Waals surface area (Å²) in [6, 6.07) is 5.27. The summed E-state index contributed by atoms with van der Waals surface area (Å²) < 4.78 is 5.33. The topological polar surface area (TPSA) is 35.9 Å². The number of benzene rings is 1. The minimum atomic E-state index is 0.205. The number of phenolic OH excluding ortho intramolecular Hbond substituents is 1. The van der Waals surface area contributed by atoms with Crippen LogP contribution in [0.3, 0.4) is 0 Å². The summed E-state index contributed by atoms with van der Waals surface area (Å²) in [4.78, 5) is 4.42. The van der Waals surface area contributed by atoms with Gasteiger partial charge in [0, 0.05) is 12.7 Å². The number of methoxy groups -OCH3 is 1. The molecule has 0 aliphatic carbocycles. The van der Waals surface area contributed by atoms with Gasteiger partial charge in [-0.1, -0.05) is 12.6 Å². The molecule has 0 radical (unpaired) electrons. The Morgan fingerprint density at radius 3 is 2.84 bits per heavy atom. The fourth-order valence-corrected chi connectivity index (χ4v) is 2.72. The van der Waals surface area contributed by atoms with E-state index < -0.39 is 0 Å². The predicted octanol–water partition coefficient (Wildman–Crippen LogP) is 2.36. The first-order valence-corrected chi connectivity index (χ1v) is 6.54. The molecule has 1 aliphatic rings. The van der Waals surface area contributed by atoms with Gasteiger partial charge in [0.2, 0.25) is 0 Å². The number of rotatable bonds is 4. The fourth-order valence-electron chi connectivity index (χ4n) is 2.72. The van der Waals surface area contributed by atoms with Gasteiger partial charge in [-0.3, -0.25) is 4.90 Å². The maximum Gasteiger partial charge on any atom is 0.131 e. The molecule has 4 heteroatoms. The molecule has 0 bridgehead atoms. The zero-order valence-electron chi connectivity index (χ0n) is 11.9. The maximum absolute atomic E-state index is 10.1. The van der Waals surface area contributed by atoms with Crippen molar-refractivity contribution in [3.8, 4) is 11.5 Å². The molecule has 1 aromatic carbocycles. The van der Waals surface area contributed by atoms with E-state index in [1.807, 2.05) is 13.1 Å². The molecule has 104 valence electrons. The first-order chi connectivity index (χ1) is 9.06. The summed E-state index contributed by atoms with van der Waals surface area (Å²) in [5.41, 5.74) is 1.46. The van der Waals surface area contributed by atoms with Crippen LogP contribution in [0.15, 0.2) is 24.8 Å². The van der Waals surface area contributed by atoms with Crippen molar-refractivity contribution in [3.05, 3.63) is 30.3 Å². The Hall–Kier alpha value is -1.68. The van der Waals surface area contributed by atoms with Gasteiger partial charge in [0.1, 0.15) is 11.5 Å². The lowest BCUT2D eigenvalue weighted by Crippen LogP contribution is -2.39.